The van der Waals surface area contributed by atoms with E-state index >= 15 is 0 Å². The van der Waals surface area contributed by atoms with Crippen LogP contribution < -0.4 is 0 Å². The molecule has 1 aliphatic heterocycles. The van der Waals surface area contributed by atoms with Crippen molar-refractivity contribution in [2.24, 2.45) is 0 Å². The van der Waals surface area contributed by atoms with E-state index in [2.05, 4.69) is 47.4 Å². The molecule has 28 heavy (non-hydrogen) atoms. The van der Waals surface area contributed by atoms with Gasteiger partial charge in [0.15, 0.2) is 5.60 Å². The standard InChI is InChI=1S/C25H23NO2/c27-25(20-11-5-2-6-12-20)22-14-8-7-13-21(22)23(19-9-3-1-4-10-19)24(25)26-15-17-28-18-16-26/h1-14,27H,15-18H2. The van der Waals surface area contributed by atoms with Crippen molar-refractivity contribution in [3.8, 4) is 0 Å². The molecule has 0 amide bonds. The number of hydrogen-bond acceptors (Lipinski definition) is 3. The van der Waals surface area contributed by atoms with Crippen LogP contribution in [0.4, 0.5) is 0 Å². The van der Waals surface area contributed by atoms with Gasteiger partial charge in [0, 0.05) is 24.2 Å². The molecule has 3 heteroatoms. The fourth-order valence-corrected chi connectivity index (χ4v) is 4.50. The fraction of sp³-hybridized carbons (Fsp3) is 0.200. The number of nitrogens with zero attached hydrogens (tertiary/aromatic N) is 1. The van der Waals surface area contributed by atoms with Crippen LogP contribution in [0.15, 0.2) is 90.6 Å². The zero-order chi connectivity index (χ0) is 19.0. The summed E-state index contributed by atoms with van der Waals surface area (Å²) in [4.78, 5) is 2.30. The van der Waals surface area contributed by atoms with Gasteiger partial charge in [-0.1, -0.05) is 84.9 Å². The monoisotopic (exact) mass is 369 g/mol. The normalized spacial score (nSPS) is 21.7. The van der Waals surface area contributed by atoms with Crippen molar-refractivity contribution in [2.75, 3.05) is 26.3 Å². The fourth-order valence-electron chi connectivity index (χ4n) is 4.50. The molecule has 2 aliphatic rings. The lowest BCUT2D eigenvalue weighted by molar-refractivity contribution is 0.0223. The Kier molecular flexibility index (Phi) is 4.27. The number of hydrogen-bond donors (Lipinski definition) is 1. The van der Waals surface area contributed by atoms with E-state index in [0.29, 0.717) is 13.2 Å². The van der Waals surface area contributed by atoms with E-state index in [4.69, 9.17) is 4.74 Å². The molecule has 0 radical (unpaired) electrons. The van der Waals surface area contributed by atoms with Crippen LogP contribution in [-0.2, 0) is 10.3 Å². The van der Waals surface area contributed by atoms with Crippen molar-refractivity contribution in [3.63, 3.8) is 0 Å². The molecule has 3 nitrogen and oxygen atoms in total. The summed E-state index contributed by atoms with van der Waals surface area (Å²) in [5.41, 5.74) is 4.97. The average Bonchev–Trinajstić information content (AvgIpc) is 3.06. The number of morpholine rings is 1. The Morgan fingerprint density at radius 1 is 0.750 bits per heavy atom. The minimum atomic E-state index is -1.18. The maximum Gasteiger partial charge on any atom is 0.156 e. The molecule has 140 valence electrons. The summed E-state index contributed by atoms with van der Waals surface area (Å²) in [5, 5.41) is 12.3. The van der Waals surface area contributed by atoms with Gasteiger partial charge >= 0.3 is 0 Å². The zero-order valence-electron chi connectivity index (χ0n) is 15.7. The molecule has 1 fully saturated rings. The van der Waals surface area contributed by atoms with E-state index in [1.165, 1.54) is 0 Å². The van der Waals surface area contributed by atoms with Crippen molar-refractivity contribution in [1.29, 1.82) is 0 Å². The first-order chi connectivity index (χ1) is 13.8. The SMILES string of the molecule is OC1(c2ccccc2)C(N2CCOCC2)=C(c2ccccc2)c2ccccc21. The Bertz CT molecular complexity index is 1010. The lowest BCUT2D eigenvalue weighted by Crippen LogP contribution is -2.43. The van der Waals surface area contributed by atoms with Gasteiger partial charge in [-0.3, -0.25) is 0 Å². The van der Waals surface area contributed by atoms with Crippen LogP contribution >= 0.6 is 0 Å². The first-order valence-electron chi connectivity index (χ1n) is 9.81. The molecule has 1 N–H and O–H groups in total. The molecular weight excluding hydrogens is 346 g/mol. The smallest absolute Gasteiger partial charge is 0.156 e. The quantitative estimate of drug-likeness (QED) is 0.757. The van der Waals surface area contributed by atoms with Gasteiger partial charge in [-0.25, -0.2) is 0 Å². The van der Waals surface area contributed by atoms with Gasteiger partial charge in [0.1, 0.15) is 0 Å². The Labute approximate surface area is 165 Å². The Morgan fingerprint density at radius 2 is 1.36 bits per heavy atom. The Hall–Kier alpha value is -2.88. The van der Waals surface area contributed by atoms with Crippen molar-refractivity contribution in [2.45, 2.75) is 5.60 Å². The lowest BCUT2D eigenvalue weighted by Gasteiger charge is -2.39. The molecule has 0 aromatic heterocycles. The minimum Gasteiger partial charge on any atom is -0.378 e. The summed E-state index contributed by atoms with van der Waals surface area (Å²) in [5.74, 6) is 0. The number of fused-ring (bicyclic) bond motifs is 1. The van der Waals surface area contributed by atoms with Crippen LogP contribution in [0.25, 0.3) is 5.57 Å². The summed E-state index contributed by atoms with van der Waals surface area (Å²) in [7, 11) is 0. The van der Waals surface area contributed by atoms with Gasteiger partial charge in [0.2, 0.25) is 0 Å². The highest BCUT2D eigenvalue weighted by molar-refractivity contribution is 5.90. The van der Waals surface area contributed by atoms with Crippen LogP contribution in [-0.4, -0.2) is 36.3 Å². The van der Waals surface area contributed by atoms with E-state index in [0.717, 1.165) is 46.6 Å². The van der Waals surface area contributed by atoms with Gasteiger partial charge < -0.3 is 14.7 Å². The molecule has 0 saturated carbocycles. The topological polar surface area (TPSA) is 32.7 Å². The number of rotatable bonds is 3. The Morgan fingerprint density at radius 3 is 2.07 bits per heavy atom. The van der Waals surface area contributed by atoms with E-state index < -0.39 is 5.60 Å². The van der Waals surface area contributed by atoms with Crippen molar-refractivity contribution in [3.05, 3.63) is 113 Å². The molecule has 1 aliphatic carbocycles. The highest BCUT2D eigenvalue weighted by Crippen LogP contribution is 2.52. The van der Waals surface area contributed by atoms with Gasteiger partial charge in [-0.05, 0) is 16.7 Å². The van der Waals surface area contributed by atoms with Crippen LogP contribution in [0.5, 0.6) is 0 Å². The molecule has 0 bridgehead atoms. The second-order valence-electron chi connectivity index (χ2n) is 7.31. The highest BCUT2D eigenvalue weighted by Gasteiger charge is 2.47. The third-order valence-corrected chi connectivity index (χ3v) is 5.75. The predicted octanol–water partition coefficient (Wildman–Crippen LogP) is 4.03. The molecule has 1 heterocycles. The van der Waals surface area contributed by atoms with Gasteiger partial charge in [-0.15, -0.1) is 0 Å². The van der Waals surface area contributed by atoms with Crippen LogP contribution in [0.1, 0.15) is 22.3 Å². The summed E-state index contributed by atoms with van der Waals surface area (Å²) >= 11 is 0. The summed E-state index contributed by atoms with van der Waals surface area (Å²) in [6.07, 6.45) is 0. The molecule has 1 saturated heterocycles. The first-order valence-corrected chi connectivity index (χ1v) is 9.81. The van der Waals surface area contributed by atoms with Crippen molar-refractivity contribution < 1.29 is 9.84 Å². The summed E-state index contributed by atoms with van der Waals surface area (Å²) in [6, 6.07) is 28.7. The molecule has 5 rings (SSSR count). The van der Waals surface area contributed by atoms with Gasteiger partial charge in [0.25, 0.3) is 0 Å². The average molecular weight is 369 g/mol. The number of aliphatic hydroxyl groups is 1. The molecule has 0 spiro atoms. The summed E-state index contributed by atoms with van der Waals surface area (Å²) in [6.45, 7) is 2.89. The Balaban J connectivity index is 1.83. The molecule has 1 atom stereocenters. The van der Waals surface area contributed by atoms with E-state index in [9.17, 15) is 5.11 Å². The van der Waals surface area contributed by atoms with E-state index in [1.54, 1.807) is 0 Å². The van der Waals surface area contributed by atoms with E-state index in [-0.39, 0.29) is 0 Å². The first kappa shape index (κ1) is 17.2. The van der Waals surface area contributed by atoms with Gasteiger partial charge in [-0.2, -0.15) is 0 Å². The second kappa shape index (κ2) is 6.93. The van der Waals surface area contributed by atoms with E-state index in [1.807, 2.05) is 42.5 Å². The highest BCUT2D eigenvalue weighted by atomic mass is 16.5. The molecule has 3 aromatic rings. The van der Waals surface area contributed by atoms with Gasteiger partial charge in [0.05, 0.1) is 18.9 Å². The predicted molar refractivity (Wildman–Crippen MR) is 111 cm³/mol. The van der Waals surface area contributed by atoms with Crippen LogP contribution in [0.2, 0.25) is 0 Å². The van der Waals surface area contributed by atoms with Crippen molar-refractivity contribution in [1.82, 2.24) is 4.90 Å². The largest absolute Gasteiger partial charge is 0.378 e. The number of ether oxygens (including phenoxy) is 1. The molecule has 3 aromatic carbocycles. The second-order valence-corrected chi connectivity index (χ2v) is 7.31. The third kappa shape index (κ3) is 2.59. The molecular formula is C25H23NO2. The molecule has 1 unspecified atom stereocenters. The third-order valence-electron chi connectivity index (χ3n) is 5.75. The lowest BCUT2D eigenvalue weighted by atomic mass is 9.85. The summed E-state index contributed by atoms with van der Waals surface area (Å²) < 4.78 is 5.61. The van der Waals surface area contributed by atoms with Crippen LogP contribution in [0, 0.1) is 0 Å². The maximum absolute atomic E-state index is 12.3. The maximum atomic E-state index is 12.3. The number of benzene rings is 3. The van der Waals surface area contributed by atoms with Crippen molar-refractivity contribution >= 4 is 5.57 Å². The zero-order valence-corrected chi connectivity index (χ0v) is 15.7. The minimum absolute atomic E-state index is 0.673. The van der Waals surface area contributed by atoms with Crippen LogP contribution in [0.3, 0.4) is 0 Å².